The maximum Gasteiger partial charge on any atom is 0.416 e. The minimum atomic E-state index is -4.43. The second-order valence-corrected chi connectivity index (χ2v) is 7.29. The third-order valence-electron chi connectivity index (χ3n) is 4.99. The second kappa shape index (κ2) is 6.96. The van der Waals surface area contributed by atoms with Crippen molar-refractivity contribution in [2.75, 3.05) is 26.8 Å². The van der Waals surface area contributed by atoms with E-state index < -0.39 is 22.8 Å². The van der Waals surface area contributed by atoms with Crippen LogP contribution in [0.25, 0.3) is 0 Å². The first-order chi connectivity index (χ1) is 11.5. The highest BCUT2D eigenvalue weighted by molar-refractivity contribution is 5.79. The van der Waals surface area contributed by atoms with Gasteiger partial charge in [0.25, 0.3) is 0 Å². The molecule has 1 heterocycles. The standard InChI is InChI=1S/C18H24F3NO3/c1-16(2)11-22(8-7-17(16,24)12-25-3)15(23)10-13-5-4-6-14(9-13)18(19,20)21/h4-6,9,24H,7-8,10-12H2,1-3H3. The van der Waals surface area contributed by atoms with Crippen molar-refractivity contribution >= 4 is 5.91 Å². The highest BCUT2D eigenvalue weighted by atomic mass is 19.4. The van der Waals surface area contributed by atoms with E-state index in [2.05, 4.69) is 0 Å². The van der Waals surface area contributed by atoms with E-state index in [1.807, 2.05) is 13.8 Å². The van der Waals surface area contributed by atoms with Crippen LogP contribution in [0.4, 0.5) is 13.2 Å². The highest BCUT2D eigenvalue weighted by Crippen LogP contribution is 2.39. The van der Waals surface area contributed by atoms with Gasteiger partial charge in [-0.25, -0.2) is 0 Å². The lowest BCUT2D eigenvalue weighted by Gasteiger charge is -2.50. The van der Waals surface area contributed by atoms with E-state index in [0.717, 1.165) is 12.1 Å². The van der Waals surface area contributed by atoms with Crippen LogP contribution in [0.1, 0.15) is 31.4 Å². The summed E-state index contributed by atoms with van der Waals surface area (Å²) in [5.41, 5.74) is -2.04. The molecule has 7 heteroatoms. The number of halogens is 3. The number of ether oxygens (including phenoxy) is 1. The zero-order chi connectivity index (χ0) is 18.9. The Morgan fingerprint density at radius 3 is 2.60 bits per heavy atom. The van der Waals surface area contributed by atoms with Crippen molar-refractivity contribution in [2.24, 2.45) is 5.41 Å². The fourth-order valence-electron chi connectivity index (χ4n) is 3.22. The van der Waals surface area contributed by atoms with E-state index in [9.17, 15) is 23.1 Å². The van der Waals surface area contributed by atoms with Crippen molar-refractivity contribution in [3.8, 4) is 0 Å². The third kappa shape index (κ3) is 4.33. The van der Waals surface area contributed by atoms with Crippen molar-refractivity contribution in [2.45, 2.75) is 38.5 Å². The molecular weight excluding hydrogens is 335 g/mol. The number of likely N-dealkylation sites (tertiary alicyclic amines) is 1. The summed E-state index contributed by atoms with van der Waals surface area (Å²) in [5, 5.41) is 10.7. The van der Waals surface area contributed by atoms with E-state index in [1.165, 1.54) is 19.2 Å². The number of piperidine rings is 1. The fourth-order valence-corrected chi connectivity index (χ4v) is 3.22. The summed E-state index contributed by atoms with van der Waals surface area (Å²) in [4.78, 5) is 14.1. The van der Waals surface area contributed by atoms with Crippen molar-refractivity contribution < 1.29 is 27.8 Å². The van der Waals surface area contributed by atoms with Crippen LogP contribution in [0, 0.1) is 5.41 Å². The number of amides is 1. The molecule has 2 rings (SSSR count). The van der Waals surface area contributed by atoms with Crippen LogP contribution in [0.2, 0.25) is 0 Å². The van der Waals surface area contributed by atoms with Crippen molar-refractivity contribution in [3.63, 3.8) is 0 Å². The van der Waals surface area contributed by atoms with Crippen LogP contribution in [-0.4, -0.2) is 48.3 Å². The van der Waals surface area contributed by atoms with Crippen molar-refractivity contribution in [1.82, 2.24) is 4.90 Å². The van der Waals surface area contributed by atoms with Gasteiger partial charge in [0, 0.05) is 25.6 Å². The number of carbonyl (C=O) groups is 1. The Bertz CT molecular complexity index is 630. The zero-order valence-electron chi connectivity index (χ0n) is 14.7. The van der Waals surface area contributed by atoms with Crippen molar-refractivity contribution in [1.29, 1.82) is 0 Å². The second-order valence-electron chi connectivity index (χ2n) is 7.29. The van der Waals surface area contributed by atoms with Gasteiger partial charge in [-0.3, -0.25) is 4.79 Å². The number of hydrogen-bond donors (Lipinski definition) is 1. The lowest BCUT2D eigenvalue weighted by atomic mass is 9.70. The number of nitrogens with zero attached hydrogens (tertiary/aromatic N) is 1. The molecule has 0 saturated carbocycles. The molecule has 0 aliphatic carbocycles. The van der Waals surface area contributed by atoms with Gasteiger partial charge in [-0.15, -0.1) is 0 Å². The summed E-state index contributed by atoms with van der Waals surface area (Å²) in [6.45, 7) is 4.56. The highest BCUT2D eigenvalue weighted by Gasteiger charge is 2.48. The van der Waals surface area contributed by atoms with Crippen LogP contribution < -0.4 is 0 Å². The molecule has 1 aromatic rings. The maximum atomic E-state index is 12.8. The Morgan fingerprint density at radius 1 is 1.36 bits per heavy atom. The number of aliphatic hydroxyl groups is 1. The average molecular weight is 359 g/mol. The quantitative estimate of drug-likeness (QED) is 0.899. The monoisotopic (exact) mass is 359 g/mol. The lowest BCUT2D eigenvalue weighted by molar-refractivity contribution is -0.163. The van der Waals surface area contributed by atoms with Gasteiger partial charge >= 0.3 is 6.18 Å². The van der Waals surface area contributed by atoms with Crippen molar-refractivity contribution in [3.05, 3.63) is 35.4 Å². The van der Waals surface area contributed by atoms with E-state index in [0.29, 0.717) is 25.1 Å². The van der Waals surface area contributed by atoms with Gasteiger partial charge in [0.2, 0.25) is 5.91 Å². The van der Waals surface area contributed by atoms with Gasteiger partial charge in [0.05, 0.1) is 24.2 Å². The maximum absolute atomic E-state index is 12.8. The minimum Gasteiger partial charge on any atom is -0.387 e. The minimum absolute atomic E-state index is 0.0945. The number of alkyl halides is 3. The summed E-state index contributed by atoms with van der Waals surface area (Å²) in [7, 11) is 1.51. The Balaban J connectivity index is 2.08. The summed E-state index contributed by atoms with van der Waals surface area (Å²) < 4.78 is 43.5. The molecular formula is C18H24F3NO3. The molecule has 0 radical (unpaired) electrons. The van der Waals surface area contributed by atoms with Crippen LogP contribution in [0.3, 0.4) is 0 Å². The first-order valence-electron chi connectivity index (χ1n) is 8.14. The van der Waals surface area contributed by atoms with Crippen LogP contribution in [0.15, 0.2) is 24.3 Å². The van der Waals surface area contributed by atoms with E-state index in [4.69, 9.17) is 4.74 Å². The predicted molar refractivity (Wildman–Crippen MR) is 87.0 cm³/mol. The van der Waals surface area contributed by atoms with Crippen LogP contribution in [-0.2, 0) is 22.1 Å². The Morgan fingerprint density at radius 2 is 2.04 bits per heavy atom. The first-order valence-corrected chi connectivity index (χ1v) is 8.14. The lowest BCUT2D eigenvalue weighted by Crippen LogP contribution is -2.60. The molecule has 1 atom stereocenters. The predicted octanol–water partition coefficient (Wildman–Crippen LogP) is 2.88. The van der Waals surface area contributed by atoms with Gasteiger partial charge in [0.15, 0.2) is 0 Å². The van der Waals surface area contributed by atoms with Crippen LogP contribution >= 0.6 is 0 Å². The molecule has 1 saturated heterocycles. The SMILES string of the molecule is COCC1(O)CCN(C(=O)Cc2cccc(C(F)(F)F)c2)CC1(C)C. The normalized spacial score (nSPS) is 23.6. The molecule has 1 aliphatic rings. The number of hydrogen-bond acceptors (Lipinski definition) is 3. The largest absolute Gasteiger partial charge is 0.416 e. The summed E-state index contributed by atoms with van der Waals surface area (Å²) in [6.07, 6.45) is -4.16. The molecule has 0 bridgehead atoms. The summed E-state index contributed by atoms with van der Waals surface area (Å²) in [5.74, 6) is -0.244. The number of rotatable bonds is 4. The van der Waals surface area contributed by atoms with Gasteiger partial charge in [-0.05, 0) is 18.1 Å². The Hall–Kier alpha value is -1.60. The molecule has 25 heavy (non-hydrogen) atoms. The van der Waals surface area contributed by atoms with E-state index in [-0.39, 0.29) is 18.9 Å². The third-order valence-corrected chi connectivity index (χ3v) is 4.99. The van der Waals surface area contributed by atoms with Crippen LogP contribution in [0.5, 0.6) is 0 Å². The molecule has 1 amide bonds. The summed E-state index contributed by atoms with van der Waals surface area (Å²) in [6, 6.07) is 4.82. The molecule has 0 aromatic heterocycles. The number of methoxy groups -OCH3 is 1. The molecule has 1 N–H and O–H groups in total. The molecule has 1 fully saturated rings. The Kier molecular flexibility index (Phi) is 5.49. The van der Waals surface area contributed by atoms with E-state index >= 15 is 0 Å². The molecule has 1 aromatic carbocycles. The fraction of sp³-hybridized carbons (Fsp3) is 0.611. The molecule has 0 spiro atoms. The molecule has 140 valence electrons. The number of carbonyl (C=O) groups excluding carboxylic acids is 1. The van der Waals surface area contributed by atoms with Gasteiger partial charge < -0.3 is 14.7 Å². The smallest absolute Gasteiger partial charge is 0.387 e. The van der Waals surface area contributed by atoms with Gasteiger partial charge in [-0.2, -0.15) is 13.2 Å². The first kappa shape index (κ1) is 19.7. The zero-order valence-corrected chi connectivity index (χ0v) is 14.7. The number of benzene rings is 1. The molecule has 1 unspecified atom stereocenters. The molecule has 1 aliphatic heterocycles. The topological polar surface area (TPSA) is 49.8 Å². The van der Waals surface area contributed by atoms with Gasteiger partial charge in [0.1, 0.15) is 0 Å². The van der Waals surface area contributed by atoms with E-state index in [1.54, 1.807) is 4.90 Å². The average Bonchev–Trinajstić information content (AvgIpc) is 2.50. The van der Waals surface area contributed by atoms with Gasteiger partial charge in [-0.1, -0.05) is 32.0 Å². The summed E-state index contributed by atoms with van der Waals surface area (Å²) >= 11 is 0. The molecule has 4 nitrogen and oxygen atoms in total. The Labute approximate surface area is 145 Å².